The fourth-order valence-corrected chi connectivity index (χ4v) is 4.70. The van der Waals surface area contributed by atoms with Gasteiger partial charge in [0.15, 0.2) is 6.73 Å². The number of aryl methyl sites for hydroxylation is 1. The molecule has 0 saturated carbocycles. The van der Waals surface area contributed by atoms with Crippen LogP contribution in [0.3, 0.4) is 0 Å². The molecule has 0 aromatic heterocycles. The predicted molar refractivity (Wildman–Crippen MR) is 145 cm³/mol. The lowest BCUT2D eigenvalue weighted by Gasteiger charge is -2.46. The number of hydrogen-bond donors (Lipinski definition) is 1. The molecule has 0 unspecified atom stereocenters. The van der Waals surface area contributed by atoms with Crippen LogP contribution in [0.15, 0.2) is 16.1 Å². The first-order valence-electron chi connectivity index (χ1n) is 15.2. The summed E-state index contributed by atoms with van der Waals surface area (Å²) in [6, 6.07) is -0.386. The molecule has 0 fully saturated rings. The number of nitrogens with zero attached hydrogens (tertiary/aromatic N) is 2. The van der Waals surface area contributed by atoms with Crippen molar-refractivity contribution in [3.05, 3.63) is 22.8 Å². The van der Waals surface area contributed by atoms with Crippen LogP contribution >= 0.6 is 0 Å². The number of rotatable bonds is 19. The van der Waals surface area contributed by atoms with Crippen molar-refractivity contribution in [3.8, 4) is 0 Å². The molecule has 67 heavy (non-hydrogen) atoms. The predicted octanol–water partition coefficient (Wildman–Crippen LogP) is 11.1. The van der Waals surface area contributed by atoms with E-state index in [1.54, 1.807) is 0 Å². The number of amides is 1. The number of esters is 1. The summed E-state index contributed by atoms with van der Waals surface area (Å²) in [5.41, 5.74) is -12.0. The molecular formula is C28H10F31N3O5. The van der Waals surface area contributed by atoms with E-state index in [1.807, 2.05) is 0 Å². The number of alkyl halides is 31. The molecule has 1 aromatic rings. The summed E-state index contributed by atoms with van der Waals surface area (Å²) < 4.78 is 440. The molecule has 0 aliphatic rings. The molecular weight excluding hydrogens is 1050 g/mol. The molecule has 1 aromatic carbocycles. The number of benzene rings is 1. The third-order valence-electron chi connectivity index (χ3n) is 8.33. The van der Waals surface area contributed by atoms with Gasteiger partial charge in [-0.2, -0.15) is 146 Å². The molecule has 1 amide bonds. The van der Waals surface area contributed by atoms with Crippen LogP contribution in [0.1, 0.15) is 28.4 Å². The Balaban J connectivity index is 4.31. The Morgan fingerprint density at radius 2 is 0.776 bits per heavy atom. The summed E-state index contributed by atoms with van der Waals surface area (Å²) >= 11 is 0. The van der Waals surface area contributed by atoms with Gasteiger partial charge in [0, 0.05) is 12.5 Å². The first-order valence-corrected chi connectivity index (χ1v) is 15.2. The van der Waals surface area contributed by atoms with E-state index in [4.69, 9.17) is 0 Å². The zero-order chi connectivity index (χ0) is 54.2. The normalized spacial score (nSPS) is 15.1. The Morgan fingerprint density at radius 3 is 1.04 bits per heavy atom. The third kappa shape index (κ3) is 7.92. The van der Waals surface area contributed by atoms with Crippen molar-refractivity contribution in [3.63, 3.8) is 0 Å². The number of carbonyl (C=O) groups is 2. The summed E-state index contributed by atoms with van der Waals surface area (Å²) in [6.07, 6.45) is -7.66. The molecule has 0 heterocycles. The van der Waals surface area contributed by atoms with Crippen molar-refractivity contribution in [1.29, 1.82) is 0 Å². The van der Waals surface area contributed by atoms with Gasteiger partial charge >= 0.3 is 95.1 Å². The Labute approximate surface area is 344 Å². The van der Waals surface area contributed by atoms with Gasteiger partial charge in [-0.05, 0) is 18.6 Å². The summed E-state index contributed by atoms with van der Waals surface area (Å²) in [7, 11) is 0. The van der Waals surface area contributed by atoms with E-state index in [0.717, 1.165) is 5.32 Å². The fraction of sp³-hybridized carbons (Fsp3) is 0.643. The maximum Gasteiger partial charge on any atom is 0.460 e. The summed E-state index contributed by atoms with van der Waals surface area (Å²) in [6.45, 7) is -1.40. The number of carbonyl (C=O) groups excluding carboxylic acids is 4. The van der Waals surface area contributed by atoms with Crippen molar-refractivity contribution in [2.24, 2.45) is 9.98 Å². The second-order valence-corrected chi connectivity index (χ2v) is 12.5. The van der Waals surface area contributed by atoms with Gasteiger partial charge in [-0.3, -0.25) is 9.59 Å². The monoisotopic (exact) mass is 1060 g/mol. The zero-order valence-corrected chi connectivity index (χ0v) is 30.4. The first kappa shape index (κ1) is 59.8. The van der Waals surface area contributed by atoms with Gasteiger partial charge in [-0.1, -0.05) is 0 Å². The van der Waals surface area contributed by atoms with Gasteiger partial charge in [0.1, 0.15) is 11.4 Å². The number of nitrogens with one attached hydrogen (secondary N) is 1. The number of ether oxygens (including phenoxy) is 1. The molecule has 0 aliphatic heterocycles. The van der Waals surface area contributed by atoms with Crippen LogP contribution < -0.4 is 5.32 Å². The second-order valence-electron chi connectivity index (χ2n) is 12.5. The standard InChI is InChI=1S/C28H10F31N3O5/c1-7-3-9(60-4-63)12(61-5-64)10(13(66)62-6-67-8(2)65)11(7)14(29,30)15(31,32)16(33,34)17(35,36)18(37,38)19(39,40)20(41,42)21(43,44)22(45,46)23(47,48)24(49,50)25(51,52)26(53,54)27(55,56)28(57,58)59/h3H,6H2,1-2H3,(H,62,66). The van der Waals surface area contributed by atoms with Gasteiger partial charge in [0.05, 0.1) is 5.56 Å². The smallest absolute Gasteiger partial charge is 0.445 e. The Kier molecular flexibility index (Phi) is 15.0. The highest BCUT2D eigenvalue weighted by atomic mass is 19.4. The molecule has 0 saturated heterocycles. The molecule has 0 aliphatic carbocycles. The second kappa shape index (κ2) is 16.8. The Bertz CT molecular complexity index is 2190. The van der Waals surface area contributed by atoms with Crippen molar-refractivity contribution in [1.82, 2.24) is 5.32 Å². The van der Waals surface area contributed by atoms with Crippen LogP contribution in [-0.4, -0.2) is 114 Å². The quantitative estimate of drug-likeness (QED) is 0.0487. The SMILES string of the molecule is CC(=O)OCNC(=O)c1c(N=C=O)c(N=C=O)cc(C)c1C(F)(F)C(F)(F)C(F)(F)C(F)(F)C(F)(F)C(F)(F)C(F)(F)C(F)(F)C(F)(F)C(F)(F)C(F)(F)C(F)(F)C(F)(F)C(F)(F)C(F)(F)F. The average molecular weight is 1060 g/mol. The summed E-state index contributed by atoms with van der Waals surface area (Å²) in [5.74, 6) is -139. The van der Waals surface area contributed by atoms with Crippen molar-refractivity contribution in [2.75, 3.05) is 6.73 Å². The molecule has 0 radical (unpaired) electrons. The van der Waals surface area contributed by atoms with Crippen molar-refractivity contribution >= 4 is 35.4 Å². The largest absolute Gasteiger partial charge is 0.460 e. The van der Waals surface area contributed by atoms with E-state index in [9.17, 15) is 138 Å². The zero-order valence-electron chi connectivity index (χ0n) is 30.4. The Hall–Kier alpha value is -5.25. The number of isocyanates is 2. The van der Waals surface area contributed by atoms with E-state index >= 15 is 17.6 Å². The number of aliphatic imine (C=N–C) groups is 2. The van der Waals surface area contributed by atoms with E-state index in [0.29, 0.717) is 13.0 Å². The van der Waals surface area contributed by atoms with Crippen LogP contribution in [0.2, 0.25) is 0 Å². The highest BCUT2D eigenvalue weighted by molar-refractivity contribution is 6.04. The van der Waals surface area contributed by atoms with Gasteiger partial charge in [-0.25, -0.2) is 9.59 Å². The first-order chi connectivity index (χ1) is 29.1. The highest BCUT2D eigenvalue weighted by Gasteiger charge is 3.01. The van der Waals surface area contributed by atoms with Gasteiger partial charge < -0.3 is 10.1 Å². The van der Waals surface area contributed by atoms with Gasteiger partial charge in [0.2, 0.25) is 12.2 Å². The minimum Gasteiger partial charge on any atom is -0.445 e. The van der Waals surface area contributed by atoms with Crippen LogP contribution in [0.4, 0.5) is 147 Å². The molecule has 39 heteroatoms. The van der Waals surface area contributed by atoms with Gasteiger partial charge in [0.25, 0.3) is 5.91 Å². The lowest BCUT2D eigenvalue weighted by molar-refractivity contribution is -0.489. The third-order valence-corrected chi connectivity index (χ3v) is 8.33. The van der Waals surface area contributed by atoms with Crippen LogP contribution in [-0.2, 0) is 25.0 Å². The lowest BCUT2D eigenvalue weighted by Crippen LogP contribution is -2.79. The summed E-state index contributed by atoms with van der Waals surface area (Å²) in [5, 5.41) is 1.08. The lowest BCUT2D eigenvalue weighted by atomic mass is 9.81. The van der Waals surface area contributed by atoms with E-state index in [2.05, 4.69) is 14.7 Å². The molecule has 0 atom stereocenters. The average Bonchev–Trinajstić information content (AvgIpc) is 3.13. The van der Waals surface area contributed by atoms with Crippen LogP contribution in [0.25, 0.3) is 0 Å². The number of halogens is 31. The molecule has 1 rings (SSSR count). The van der Waals surface area contributed by atoms with E-state index in [1.165, 1.54) is 0 Å². The van der Waals surface area contributed by atoms with Crippen LogP contribution in [0, 0.1) is 6.92 Å². The highest BCUT2D eigenvalue weighted by Crippen LogP contribution is 2.70. The molecule has 384 valence electrons. The molecule has 1 N–H and O–H groups in total. The van der Waals surface area contributed by atoms with E-state index in [-0.39, 0.29) is 19.1 Å². The van der Waals surface area contributed by atoms with Crippen molar-refractivity contribution < 1.29 is 160 Å². The molecule has 8 nitrogen and oxygen atoms in total. The van der Waals surface area contributed by atoms with Crippen LogP contribution in [0.5, 0.6) is 0 Å². The fourth-order valence-electron chi connectivity index (χ4n) is 4.70. The minimum absolute atomic E-state index is 0.180. The topological polar surface area (TPSA) is 114 Å². The maximum atomic E-state index is 15.6. The summed E-state index contributed by atoms with van der Waals surface area (Å²) in [4.78, 5) is 50.2. The van der Waals surface area contributed by atoms with Crippen molar-refractivity contribution in [2.45, 2.75) is 103 Å². The maximum absolute atomic E-state index is 15.6. The molecule has 0 spiro atoms. The van der Waals surface area contributed by atoms with E-state index < -0.39 is 136 Å². The number of hydrogen-bond acceptors (Lipinski definition) is 7. The Morgan fingerprint density at radius 1 is 0.493 bits per heavy atom. The van der Waals surface area contributed by atoms with Gasteiger partial charge in [-0.15, -0.1) is 0 Å². The minimum atomic E-state index is -10.2. The molecule has 0 bridgehead atoms.